The molecule has 0 radical (unpaired) electrons. The smallest absolute Gasteiger partial charge is 0.239 e. The van der Waals surface area contributed by atoms with Gasteiger partial charge in [-0.2, -0.15) is 0 Å². The first-order valence-electron chi connectivity index (χ1n) is 6.71. The predicted molar refractivity (Wildman–Crippen MR) is 70.8 cm³/mol. The topological polar surface area (TPSA) is 49.6 Å². The summed E-state index contributed by atoms with van der Waals surface area (Å²) in [6.07, 6.45) is 4.77. The molecule has 0 aromatic rings. The molecule has 0 bridgehead atoms. The van der Waals surface area contributed by atoms with E-state index >= 15 is 0 Å². The van der Waals surface area contributed by atoms with Crippen molar-refractivity contribution in [2.24, 2.45) is 5.73 Å². The molecule has 1 rings (SSSR count). The third kappa shape index (κ3) is 3.42. The van der Waals surface area contributed by atoms with Crippen molar-refractivity contribution >= 4 is 5.91 Å². The lowest BCUT2D eigenvalue weighted by Gasteiger charge is -2.43. The van der Waals surface area contributed by atoms with Gasteiger partial charge in [-0.15, -0.1) is 0 Å². The summed E-state index contributed by atoms with van der Waals surface area (Å²) < 4.78 is 0. The van der Waals surface area contributed by atoms with Crippen LogP contribution in [0.15, 0.2) is 0 Å². The SMILES string of the molecule is CCN(C(=O)[C@H](C)N)[C@H]1CCCC[C@H]1N(C)C. The molecular formula is C13H27N3O. The van der Waals surface area contributed by atoms with Gasteiger partial charge in [0.25, 0.3) is 0 Å². The van der Waals surface area contributed by atoms with Crippen molar-refractivity contribution in [3.8, 4) is 0 Å². The molecule has 17 heavy (non-hydrogen) atoms. The van der Waals surface area contributed by atoms with Crippen LogP contribution in [0.1, 0.15) is 39.5 Å². The Bertz CT molecular complexity index is 253. The Morgan fingerprint density at radius 3 is 2.24 bits per heavy atom. The largest absolute Gasteiger partial charge is 0.337 e. The summed E-state index contributed by atoms with van der Waals surface area (Å²) in [6.45, 7) is 4.58. The van der Waals surface area contributed by atoms with Gasteiger partial charge >= 0.3 is 0 Å². The van der Waals surface area contributed by atoms with Crippen molar-refractivity contribution in [2.75, 3.05) is 20.6 Å². The summed E-state index contributed by atoms with van der Waals surface area (Å²) in [5.74, 6) is 0.0891. The first-order chi connectivity index (χ1) is 7.99. The number of carbonyl (C=O) groups is 1. The maximum Gasteiger partial charge on any atom is 0.239 e. The Morgan fingerprint density at radius 2 is 1.82 bits per heavy atom. The van der Waals surface area contributed by atoms with Gasteiger partial charge in [0, 0.05) is 18.6 Å². The van der Waals surface area contributed by atoms with Gasteiger partial charge in [-0.3, -0.25) is 4.79 Å². The fourth-order valence-electron chi connectivity index (χ4n) is 2.87. The number of hydrogen-bond acceptors (Lipinski definition) is 3. The second-order valence-electron chi connectivity index (χ2n) is 5.30. The number of amides is 1. The molecular weight excluding hydrogens is 214 g/mol. The number of hydrogen-bond donors (Lipinski definition) is 1. The van der Waals surface area contributed by atoms with Crippen LogP contribution in [0.25, 0.3) is 0 Å². The summed E-state index contributed by atoms with van der Waals surface area (Å²) in [4.78, 5) is 16.4. The van der Waals surface area contributed by atoms with Crippen LogP contribution < -0.4 is 5.73 Å². The Kier molecular flexibility index (Phi) is 5.40. The molecule has 3 atom stereocenters. The number of likely N-dealkylation sites (N-methyl/N-ethyl adjacent to an activating group) is 2. The van der Waals surface area contributed by atoms with Crippen LogP contribution in [0.4, 0.5) is 0 Å². The molecule has 0 aliphatic heterocycles. The summed E-state index contributed by atoms with van der Waals surface area (Å²) in [6, 6.07) is 0.424. The molecule has 0 unspecified atom stereocenters. The monoisotopic (exact) mass is 241 g/mol. The van der Waals surface area contributed by atoms with E-state index in [2.05, 4.69) is 19.0 Å². The van der Waals surface area contributed by atoms with E-state index in [1.807, 2.05) is 11.8 Å². The van der Waals surface area contributed by atoms with Crippen LogP contribution in [0.2, 0.25) is 0 Å². The molecule has 0 aromatic carbocycles. The Labute approximate surface area is 105 Å². The lowest BCUT2D eigenvalue weighted by atomic mass is 9.88. The molecule has 4 nitrogen and oxygen atoms in total. The quantitative estimate of drug-likeness (QED) is 0.800. The van der Waals surface area contributed by atoms with Gasteiger partial charge in [-0.25, -0.2) is 0 Å². The maximum absolute atomic E-state index is 12.1. The maximum atomic E-state index is 12.1. The Hall–Kier alpha value is -0.610. The molecule has 0 saturated heterocycles. The van der Waals surface area contributed by atoms with Crippen molar-refractivity contribution in [3.05, 3.63) is 0 Å². The van der Waals surface area contributed by atoms with Crippen LogP contribution >= 0.6 is 0 Å². The third-order valence-electron chi connectivity index (χ3n) is 3.77. The summed E-state index contributed by atoms with van der Waals surface area (Å²) >= 11 is 0. The summed E-state index contributed by atoms with van der Waals surface area (Å²) in [5.41, 5.74) is 5.74. The zero-order valence-electron chi connectivity index (χ0n) is 11.6. The molecule has 100 valence electrons. The van der Waals surface area contributed by atoms with Crippen molar-refractivity contribution in [1.29, 1.82) is 0 Å². The zero-order valence-corrected chi connectivity index (χ0v) is 11.6. The summed E-state index contributed by atoms with van der Waals surface area (Å²) in [5, 5.41) is 0. The zero-order chi connectivity index (χ0) is 13.0. The van der Waals surface area contributed by atoms with E-state index in [0.29, 0.717) is 12.1 Å². The van der Waals surface area contributed by atoms with Gasteiger partial charge in [-0.1, -0.05) is 12.8 Å². The number of carbonyl (C=O) groups excluding carboxylic acids is 1. The van der Waals surface area contributed by atoms with Crippen LogP contribution in [0, 0.1) is 0 Å². The highest BCUT2D eigenvalue weighted by atomic mass is 16.2. The first-order valence-corrected chi connectivity index (χ1v) is 6.71. The van der Waals surface area contributed by atoms with E-state index in [-0.39, 0.29) is 11.9 Å². The molecule has 1 aliphatic carbocycles. The molecule has 1 amide bonds. The van der Waals surface area contributed by atoms with E-state index in [4.69, 9.17) is 5.73 Å². The third-order valence-corrected chi connectivity index (χ3v) is 3.77. The van der Waals surface area contributed by atoms with E-state index in [1.165, 1.54) is 19.3 Å². The standard InChI is InChI=1S/C13H27N3O/c1-5-16(13(17)10(2)14)12-9-7-6-8-11(12)15(3)4/h10-12H,5-9,14H2,1-4H3/t10-,11+,12-/m0/s1. The minimum absolute atomic E-state index is 0.0891. The predicted octanol–water partition coefficient (Wildman–Crippen LogP) is 1.05. The minimum Gasteiger partial charge on any atom is -0.337 e. The van der Waals surface area contributed by atoms with Crippen molar-refractivity contribution in [2.45, 2.75) is 57.7 Å². The minimum atomic E-state index is -0.389. The van der Waals surface area contributed by atoms with Crippen LogP contribution in [0.3, 0.4) is 0 Å². The van der Waals surface area contributed by atoms with Gasteiger partial charge in [0.15, 0.2) is 0 Å². The van der Waals surface area contributed by atoms with Crippen LogP contribution in [-0.4, -0.2) is 54.5 Å². The fourth-order valence-corrected chi connectivity index (χ4v) is 2.87. The average molecular weight is 241 g/mol. The van der Waals surface area contributed by atoms with Gasteiger partial charge in [0.2, 0.25) is 5.91 Å². The molecule has 1 aliphatic rings. The van der Waals surface area contributed by atoms with E-state index in [0.717, 1.165) is 13.0 Å². The lowest BCUT2D eigenvalue weighted by molar-refractivity contribution is -0.136. The van der Waals surface area contributed by atoms with Gasteiger partial charge in [0.1, 0.15) is 0 Å². The molecule has 0 spiro atoms. The van der Waals surface area contributed by atoms with Gasteiger partial charge in [0.05, 0.1) is 6.04 Å². The van der Waals surface area contributed by atoms with Gasteiger partial charge in [-0.05, 0) is 40.8 Å². The highest BCUT2D eigenvalue weighted by Gasteiger charge is 2.33. The van der Waals surface area contributed by atoms with E-state index in [1.54, 1.807) is 6.92 Å². The number of nitrogens with two attached hydrogens (primary N) is 1. The second kappa shape index (κ2) is 6.36. The number of nitrogens with zero attached hydrogens (tertiary/aromatic N) is 2. The van der Waals surface area contributed by atoms with Crippen LogP contribution in [-0.2, 0) is 4.79 Å². The number of rotatable bonds is 4. The van der Waals surface area contributed by atoms with Gasteiger partial charge < -0.3 is 15.5 Å². The Balaban J connectivity index is 2.80. The lowest BCUT2D eigenvalue weighted by Crippen LogP contribution is -2.56. The second-order valence-corrected chi connectivity index (χ2v) is 5.30. The average Bonchev–Trinajstić information content (AvgIpc) is 2.30. The summed E-state index contributed by atoms with van der Waals surface area (Å²) in [7, 11) is 4.21. The normalized spacial score (nSPS) is 26.9. The van der Waals surface area contributed by atoms with Crippen molar-refractivity contribution < 1.29 is 4.79 Å². The highest BCUT2D eigenvalue weighted by Crippen LogP contribution is 2.26. The van der Waals surface area contributed by atoms with E-state index in [9.17, 15) is 4.79 Å². The molecule has 0 heterocycles. The molecule has 0 aromatic heterocycles. The first kappa shape index (κ1) is 14.5. The molecule has 2 N–H and O–H groups in total. The van der Waals surface area contributed by atoms with Crippen molar-refractivity contribution in [1.82, 2.24) is 9.80 Å². The molecule has 4 heteroatoms. The highest BCUT2D eigenvalue weighted by molar-refractivity contribution is 5.81. The molecule has 1 fully saturated rings. The van der Waals surface area contributed by atoms with Crippen molar-refractivity contribution in [3.63, 3.8) is 0 Å². The Morgan fingerprint density at radius 1 is 1.29 bits per heavy atom. The van der Waals surface area contributed by atoms with Crippen LogP contribution in [0.5, 0.6) is 0 Å². The fraction of sp³-hybridized carbons (Fsp3) is 0.923. The van der Waals surface area contributed by atoms with E-state index < -0.39 is 0 Å². The molecule has 1 saturated carbocycles.